The van der Waals surface area contributed by atoms with E-state index < -0.39 is 0 Å². The largest absolute Gasteiger partial charge is 0.376 e. The van der Waals surface area contributed by atoms with Gasteiger partial charge < -0.3 is 15.1 Å². The second kappa shape index (κ2) is 6.31. The van der Waals surface area contributed by atoms with Crippen LogP contribution in [0.3, 0.4) is 0 Å². The number of anilines is 2. The van der Waals surface area contributed by atoms with Crippen LogP contribution in [-0.4, -0.2) is 35.8 Å². The molecular weight excluding hydrogens is 298 g/mol. The zero-order valence-corrected chi connectivity index (χ0v) is 12.0. The van der Waals surface area contributed by atoms with Gasteiger partial charge in [-0.2, -0.15) is 0 Å². The Hall–Kier alpha value is -0.920. The number of hydrogen-bond donors (Lipinski definition) is 2. The molecule has 2 rings (SSSR count). The van der Waals surface area contributed by atoms with Crippen molar-refractivity contribution in [3.8, 4) is 0 Å². The molecule has 1 saturated heterocycles. The first kappa shape index (κ1) is 13.5. The first-order valence-electron chi connectivity index (χ1n) is 6.10. The van der Waals surface area contributed by atoms with Crippen LogP contribution in [0.1, 0.15) is 19.8 Å². The maximum Gasteiger partial charge on any atom is 0.159 e. The topological polar surface area (TPSA) is 76.3 Å². The first-order valence-corrected chi connectivity index (χ1v) is 6.89. The van der Waals surface area contributed by atoms with Gasteiger partial charge >= 0.3 is 0 Å². The highest BCUT2D eigenvalue weighted by atomic mass is 79.9. The van der Waals surface area contributed by atoms with Crippen molar-refractivity contribution in [2.45, 2.75) is 25.9 Å². The second-order valence-corrected chi connectivity index (χ2v) is 4.97. The fourth-order valence-corrected chi connectivity index (χ4v) is 2.65. The van der Waals surface area contributed by atoms with Gasteiger partial charge in [0.1, 0.15) is 16.6 Å². The van der Waals surface area contributed by atoms with Gasteiger partial charge in [-0.3, -0.25) is 0 Å². The van der Waals surface area contributed by atoms with Crippen LogP contribution >= 0.6 is 15.9 Å². The molecular formula is C11H18BrN5O. The van der Waals surface area contributed by atoms with E-state index in [1.807, 2.05) is 0 Å². The summed E-state index contributed by atoms with van der Waals surface area (Å²) in [5, 5.41) is 0. The van der Waals surface area contributed by atoms with Gasteiger partial charge in [0.25, 0.3) is 0 Å². The third kappa shape index (κ3) is 2.90. The number of nitrogens with zero attached hydrogens (tertiary/aromatic N) is 3. The summed E-state index contributed by atoms with van der Waals surface area (Å²) in [6.07, 6.45) is 4.05. The van der Waals surface area contributed by atoms with Crippen LogP contribution in [0.15, 0.2) is 10.8 Å². The van der Waals surface area contributed by atoms with Crippen LogP contribution in [-0.2, 0) is 4.74 Å². The quantitative estimate of drug-likeness (QED) is 0.634. The lowest BCUT2D eigenvalue weighted by Crippen LogP contribution is -2.33. The minimum Gasteiger partial charge on any atom is -0.376 e. The standard InChI is InChI=1S/C11H18BrN5O/c1-2-17(6-8-4-3-5-18-8)11-9(12)10(16-13)14-7-15-11/h7-8H,2-6,13H2,1H3,(H,14,15,16). The van der Waals surface area contributed by atoms with E-state index >= 15 is 0 Å². The number of likely N-dealkylation sites (N-methyl/N-ethyl adjacent to an activating group) is 1. The Labute approximate surface area is 115 Å². The van der Waals surface area contributed by atoms with Crippen LogP contribution in [0.2, 0.25) is 0 Å². The molecule has 1 aromatic rings. The van der Waals surface area contributed by atoms with Crippen molar-refractivity contribution in [2.24, 2.45) is 5.84 Å². The molecule has 6 nitrogen and oxygen atoms in total. The lowest BCUT2D eigenvalue weighted by atomic mass is 10.2. The van der Waals surface area contributed by atoms with Crippen molar-refractivity contribution in [3.05, 3.63) is 10.8 Å². The normalized spacial score (nSPS) is 18.9. The molecule has 0 radical (unpaired) electrons. The molecule has 0 bridgehead atoms. The molecule has 0 aromatic carbocycles. The predicted molar refractivity (Wildman–Crippen MR) is 74.4 cm³/mol. The first-order chi connectivity index (χ1) is 8.76. The smallest absolute Gasteiger partial charge is 0.159 e. The van der Waals surface area contributed by atoms with Gasteiger partial charge in [0.2, 0.25) is 0 Å². The summed E-state index contributed by atoms with van der Waals surface area (Å²) >= 11 is 3.48. The van der Waals surface area contributed by atoms with Gasteiger partial charge in [0.05, 0.1) is 6.10 Å². The minimum absolute atomic E-state index is 0.293. The summed E-state index contributed by atoms with van der Waals surface area (Å²) in [6.45, 7) is 4.66. The molecule has 7 heteroatoms. The number of halogens is 1. The number of rotatable bonds is 5. The van der Waals surface area contributed by atoms with Crippen LogP contribution in [0.25, 0.3) is 0 Å². The number of ether oxygens (including phenoxy) is 1. The Balaban J connectivity index is 2.15. The molecule has 1 atom stereocenters. The van der Waals surface area contributed by atoms with Crippen LogP contribution in [0.4, 0.5) is 11.6 Å². The molecule has 2 heterocycles. The third-order valence-corrected chi connectivity index (χ3v) is 3.77. The Morgan fingerprint density at radius 3 is 3.06 bits per heavy atom. The lowest BCUT2D eigenvalue weighted by molar-refractivity contribution is 0.115. The van der Waals surface area contributed by atoms with Crippen LogP contribution in [0.5, 0.6) is 0 Å². The van der Waals surface area contributed by atoms with E-state index in [0.717, 1.165) is 42.8 Å². The van der Waals surface area contributed by atoms with Crippen molar-refractivity contribution in [3.63, 3.8) is 0 Å². The average Bonchev–Trinajstić information content (AvgIpc) is 2.89. The fraction of sp³-hybridized carbons (Fsp3) is 0.636. The van der Waals surface area contributed by atoms with Crippen molar-refractivity contribution >= 4 is 27.6 Å². The molecule has 0 aliphatic carbocycles. The van der Waals surface area contributed by atoms with Crippen molar-refractivity contribution in [2.75, 3.05) is 30.0 Å². The predicted octanol–water partition coefficient (Wildman–Crippen LogP) is 1.53. The Bertz CT molecular complexity index is 397. The number of nitrogen functional groups attached to an aromatic ring is 1. The van der Waals surface area contributed by atoms with Crippen molar-refractivity contribution in [1.82, 2.24) is 9.97 Å². The Morgan fingerprint density at radius 2 is 2.44 bits per heavy atom. The monoisotopic (exact) mass is 315 g/mol. The molecule has 1 unspecified atom stereocenters. The highest BCUT2D eigenvalue weighted by Gasteiger charge is 2.21. The van der Waals surface area contributed by atoms with Gasteiger partial charge in [0.15, 0.2) is 5.82 Å². The summed E-state index contributed by atoms with van der Waals surface area (Å²) in [4.78, 5) is 10.5. The molecule has 0 spiro atoms. The molecule has 0 amide bonds. The highest BCUT2D eigenvalue weighted by Crippen LogP contribution is 2.29. The van der Waals surface area contributed by atoms with E-state index in [4.69, 9.17) is 10.6 Å². The zero-order valence-electron chi connectivity index (χ0n) is 10.4. The molecule has 1 aliphatic rings. The van der Waals surface area contributed by atoms with Gasteiger partial charge in [-0.15, -0.1) is 0 Å². The molecule has 1 aromatic heterocycles. The number of hydrazine groups is 1. The Morgan fingerprint density at radius 1 is 1.61 bits per heavy atom. The molecule has 100 valence electrons. The van der Waals surface area contributed by atoms with E-state index in [2.05, 4.69) is 43.1 Å². The highest BCUT2D eigenvalue weighted by molar-refractivity contribution is 9.10. The van der Waals surface area contributed by atoms with Crippen LogP contribution < -0.4 is 16.2 Å². The summed E-state index contributed by atoms with van der Waals surface area (Å²) in [6, 6.07) is 0. The minimum atomic E-state index is 0.293. The van der Waals surface area contributed by atoms with E-state index in [1.165, 1.54) is 6.33 Å². The van der Waals surface area contributed by atoms with Crippen LogP contribution in [0, 0.1) is 0 Å². The number of hydrogen-bond acceptors (Lipinski definition) is 6. The lowest BCUT2D eigenvalue weighted by Gasteiger charge is -2.26. The summed E-state index contributed by atoms with van der Waals surface area (Å²) < 4.78 is 6.45. The summed E-state index contributed by atoms with van der Waals surface area (Å²) in [7, 11) is 0. The number of aromatic nitrogens is 2. The Kier molecular flexibility index (Phi) is 4.73. The number of nitrogens with one attached hydrogen (secondary N) is 1. The van der Waals surface area contributed by atoms with Crippen molar-refractivity contribution in [1.29, 1.82) is 0 Å². The maximum absolute atomic E-state index is 5.66. The third-order valence-electron chi connectivity index (χ3n) is 3.04. The molecule has 3 N–H and O–H groups in total. The fourth-order valence-electron chi connectivity index (χ4n) is 2.08. The zero-order chi connectivity index (χ0) is 13.0. The van der Waals surface area contributed by atoms with Gasteiger partial charge in [-0.25, -0.2) is 15.8 Å². The second-order valence-electron chi connectivity index (χ2n) is 4.18. The van der Waals surface area contributed by atoms with E-state index in [9.17, 15) is 0 Å². The van der Waals surface area contributed by atoms with Gasteiger partial charge in [-0.1, -0.05) is 0 Å². The van der Waals surface area contributed by atoms with Crippen molar-refractivity contribution < 1.29 is 4.74 Å². The SMILES string of the molecule is CCN(CC1CCCO1)c1ncnc(NN)c1Br. The summed E-state index contributed by atoms with van der Waals surface area (Å²) in [5.41, 5.74) is 2.55. The van der Waals surface area contributed by atoms with Gasteiger partial charge in [-0.05, 0) is 35.7 Å². The molecule has 1 fully saturated rings. The number of nitrogens with two attached hydrogens (primary N) is 1. The van der Waals surface area contributed by atoms with E-state index in [1.54, 1.807) is 0 Å². The molecule has 1 aliphatic heterocycles. The molecule has 18 heavy (non-hydrogen) atoms. The average molecular weight is 316 g/mol. The van der Waals surface area contributed by atoms with E-state index in [-0.39, 0.29) is 0 Å². The van der Waals surface area contributed by atoms with Gasteiger partial charge in [0, 0.05) is 19.7 Å². The maximum atomic E-state index is 5.66. The van der Waals surface area contributed by atoms with E-state index in [0.29, 0.717) is 11.9 Å². The molecule has 0 saturated carbocycles. The summed E-state index contributed by atoms with van der Waals surface area (Å²) in [5.74, 6) is 6.84.